The minimum Gasteiger partial charge on any atom is -0.480 e. The molecule has 0 heterocycles. The van der Waals surface area contributed by atoms with E-state index in [-0.39, 0.29) is 18.9 Å². The van der Waals surface area contributed by atoms with E-state index < -0.39 is 23.5 Å². The first-order valence-electron chi connectivity index (χ1n) is 9.28. The lowest BCUT2D eigenvalue weighted by Gasteiger charge is -2.18. The molecule has 28 heavy (non-hydrogen) atoms. The molecule has 142 valence electrons. The molecule has 1 atom stereocenters. The average Bonchev–Trinajstić information content (AvgIpc) is 3.41. The lowest BCUT2D eigenvalue weighted by molar-refractivity contribution is -0.139. The van der Waals surface area contributed by atoms with Gasteiger partial charge in [-0.05, 0) is 41.5 Å². The van der Waals surface area contributed by atoms with Gasteiger partial charge in [-0.15, -0.1) is 0 Å². The molecule has 2 aromatic rings. The summed E-state index contributed by atoms with van der Waals surface area (Å²) in [7, 11) is 0. The maximum atomic E-state index is 12.3. The number of alkyl carbamates (subject to hydrolysis) is 1. The van der Waals surface area contributed by atoms with Crippen LogP contribution in [0.4, 0.5) is 4.79 Å². The highest BCUT2D eigenvalue weighted by atomic mass is 16.5. The number of carboxylic acids is 1. The normalized spacial score (nSPS) is 17.0. The summed E-state index contributed by atoms with van der Waals surface area (Å²) in [5, 5.41) is 20.9. The summed E-state index contributed by atoms with van der Waals surface area (Å²) >= 11 is 0. The maximum Gasteiger partial charge on any atom is 0.407 e. The number of carbonyl (C=O) groups excluding carboxylic acids is 1. The number of fused-ring (bicyclic) bond motifs is 3. The molecule has 2 aromatic carbocycles. The highest BCUT2D eigenvalue weighted by Crippen LogP contribution is 2.49. The van der Waals surface area contributed by atoms with Crippen molar-refractivity contribution in [3.63, 3.8) is 0 Å². The zero-order valence-electron chi connectivity index (χ0n) is 15.2. The summed E-state index contributed by atoms with van der Waals surface area (Å²) in [5.74, 6) is -1.25. The predicted molar refractivity (Wildman–Crippen MR) is 102 cm³/mol. The predicted octanol–water partition coefficient (Wildman–Crippen LogP) is 3.67. The van der Waals surface area contributed by atoms with Crippen molar-refractivity contribution in [3.8, 4) is 17.2 Å². The Bertz CT molecular complexity index is 929. The van der Waals surface area contributed by atoms with Crippen LogP contribution >= 0.6 is 0 Å². The maximum absolute atomic E-state index is 12.3. The second kappa shape index (κ2) is 7.01. The first kappa shape index (κ1) is 18.1. The number of hydrogen-bond acceptors (Lipinski definition) is 4. The quantitative estimate of drug-likeness (QED) is 0.801. The van der Waals surface area contributed by atoms with Gasteiger partial charge < -0.3 is 15.2 Å². The van der Waals surface area contributed by atoms with Crippen molar-refractivity contribution in [2.24, 2.45) is 5.41 Å². The Morgan fingerprint density at radius 3 is 2.21 bits per heavy atom. The minimum atomic E-state index is -1.16. The Balaban J connectivity index is 1.43. The van der Waals surface area contributed by atoms with Gasteiger partial charge in [0.2, 0.25) is 0 Å². The number of amides is 1. The number of nitrogens with one attached hydrogen (secondary N) is 1. The third-order valence-electron chi connectivity index (χ3n) is 5.62. The van der Waals surface area contributed by atoms with Gasteiger partial charge in [-0.1, -0.05) is 48.5 Å². The van der Waals surface area contributed by atoms with Crippen LogP contribution in [0.2, 0.25) is 0 Å². The Hall–Kier alpha value is -3.33. The van der Waals surface area contributed by atoms with Crippen LogP contribution < -0.4 is 5.32 Å². The van der Waals surface area contributed by atoms with Gasteiger partial charge in [0, 0.05) is 5.92 Å². The number of hydrogen-bond donors (Lipinski definition) is 2. The highest BCUT2D eigenvalue weighted by molar-refractivity contribution is 5.81. The first-order chi connectivity index (χ1) is 13.5. The van der Waals surface area contributed by atoms with Gasteiger partial charge in [-0.3, -0.25) is 0 Å². The van der Waals surface area contributed by atoms with Crippen molar-refractivity contribution in [1.82, 2.24) is 5.32 Å². The molecule has 6 nitrogen and oxygen atoms in total. The summed E-state index contributed by atoms with van der Waals surface area (Å²) in [6, 6.07) is 17.0. The van der Waals surface area contributed by atoms with E-state index in [2.05, 4.69) is 11.4 Å². The van der Waals surface area contributed by atoms with Gasteiger partial charge in [0.25, 0.3) is 0 Å². The Kier molecular flexibility index (Phi) is 4.52. The fourth-order valence-corrected chi connectivity index (χ4v) is 3.89. The summed E-state index contributed by atoms with van der Waals surface area (Å²) in [6.07, 6.45) is 0.658. The zero-order chi connectivity index (χ0) is 19.7. The SMILES string of the molecule is N#CC1(CC(NC(=O)OCC2c3ccccc3-c3ccccc32)C(=O)O)CC1. The number of nitriles is 1. The average molecular weight is 376 g/mol. The third-order valence-corrected chi connectivity index (χ3v) is 5.62. The van der Waals surface area contributed by atoms with E-state index in [9.17, 15) is 14.7 Å². The molecular weight excluding hydrogens is 356 g/mol. The molecule has 1 saturated carbocycles. The molecule has 6 heteroatoms. The van der Waals surface area contributed by atoms with Crippen LogP contribution in [0.25, 0.3) is 11.1 Å². The van der Waals surface area contributed by atoms with E-state index in [1.807, 2.05) is 48.5 Å². The Morgan fingerprint density at radius 2 is 1.71 bits per heavy atom. The number of rotatable bonds is 6. The van der Waals surface area contributed by atoms with Gasteiger partial charge in [0.15, 0.2) is 0 Å². The van der Waals surface area contributed by atoms with E-state index in [4.69, 9.17) is 10.00 Å². The summed E-state index contributed by atoms with van der Waals surface area (Å²) < 4.78 is 5.39. The molecule has 0 saturated heterocycles. The fourth-order valence-electron chi connectivity index (χ4n) is 3.89. The summed E-state index contributed by atoms with van der Waals surface area (Å²) in [6.45, 7) is 0.121. The van der Waals surface area contributed by atoms with Crippen LogP contribution in [0, 0.1) is 16.7 Å². The Labute approximate surface area is 162 Å². The van der Waals surface area contributed by atoms with Crippen molar-refractivity contribution in [2.45, 2.75) is 31.2 Å². The van der Waals surface area contributed by atoms with Crippen molar-refractivity contribution < 1.29 is 19.4 Å². The number of nitrogens with zero attached hydrogens (tertiary/aromatic N) is 1. The van der Waals surface area contributed by atoms with Gasteiger partial charge >= 0.3 is 12.1 Å². The molecule has 0 aliphatic heterocycles. The standard InChI is InChI=1S/C22H20N2O4/c23-13-22(9-10-22)11-19(20(25)26)24-21(27)28-12-18-16-7-3-1-5-14(16)15-6-2-4-8-17(15)18/h1-8,18-19H,9-12H2,(H,24,27)(H,25,26). The van der Waals surface area contributed by atoms with Gasteiger partial charge in [0.05, 0.1) is 11.5 Å². The van der Waals surface area contributed by atoms with Crippen molar-refractivity contribution in [2.75, 3.05) is 6.61 Å². The smallest absolute Gasteiger partial charge is 0.407 e. The molecule has 1 fully saturated rings. The molecule has 2 aliphatic rings. The molecule has 0 radical (unpaired) electrons. The fraction of sp³-hybridized carbons (Fsp3) is 0.318. The molecule has 0 bridgehead atoms. The van der Waals surface area contributed by atoms with Gasteiger partial charge in [0.1, 0.15) is 12.6 Å². The van der Waals surface area contributed by atoms with Crippen LogP contribution in [-0.4, -0.2) is 29.8 Å². The molecule has 1 amide bonds. The molecular formula is C22H20N2O4. The van der Waals surface area contributed by atoms with E-state index in [1.54, 1.807) is 0 Å². The zero-order valence-corrected chi connectivity index (χ0v) is 15.2. The third kappa shape index (κ3) is 3.31. The molecule has 0 spiro atoms. The van der Waals surface area contributed by atoms with E-state index in [1.165, 1.54) is 0 Å². The number of carbonyl (C=O) groups is 2. The van der Waals surface area contributed by atoms with E-state index in [0.717, 1.165) is 22.3 Å². The van der Waals surface area contributed by atoms with Crippen molar-refractivity contribution in [3.05, 3.63) is 59.7 Å². The van der Waals surface area contributed by atoms with Crippen LogP contribution in [0.1, 0.15) is 36.3 Å². The second-order valence-corrected chi connectivity index (χ2v) is 7.46. The molecule has 2 aliphatic carbocycles. The van der Waals surface area contributed by atoms with E-state index >= 15 is 0 Å². The summed E-state index contributed by atoms with van der Waals surface area (Å²) in [4.78, 5) is 23.7. The highest BCUT2D eigenvalue weighted by Gasteiger charge is 2.46. The van der Waals surface area contributed by atoms with Crippen LogP contribution in [0.15, 0.2) is 48.5 Å². The molecule has 1 unspecified atom stereocenters. The second-order valence-electron chi connectivity index (χ2n) is 7.46. The topological polar surface area (TPSA) is 99.4 Å². The Morgan fingerprint density at radius 1 is 1.14 bits per heavy atom. The number of carboxylic acid groups (broad SMARTS) is 1. The van der Waals surface area contributed by atoms with Crippen molar-refractivity contribution in [1.29, 1.82) is 5.26 Å². The van der Waals surface area contributed by atoms with Crippen LogP contribution in [0.3, 0.4) is 0 Å². The van der Waals surface area contributed by atoms with Crippen LogP contribution in [-0.2, 0) is 9.53 Å². The van der Waals surface area contributed by atoms with E-state index in [0.29, 0.717) is 12.8 Å². The summed E-state index contributed by atoms with van der Waals surface area (Å²) in [5.41, 5.74) is 3.81. The monoisotopic (exact) mass is 376 g/mol. The van der Waals surface area contributed by atoms with Crippen LogP contribution in [0.5, 0.6) is 0 Å². The van der Waals surface area contributed by atoms with Gasteiger partial charge in [-0.2, -0.15) is 5.26 Å². The van der Waals surface area contributed by atoms with Crippen molar-refractivity contribution >= 4 is 12.1 Å². The number of benzene rings is 2. The molecule has 0 aromatic heterocycles. The minimum absolute atomic E-state index is 0.0877. The lowest BCUT2D eigenvalue weighted by Crippen LogP contribution is -2.42. The lowest BCUT2D eigenvalue weighted by atomic mass is 9.98. The van der Waals surface area contributed by atoms with Gasteiger partial charge in [-0.25, -0.2) is 9.59 Å². The largest absolute Gasteiger partial charge is 0.480 e. The number of aliphatic carboxylic acids is 1. The number of ether oxygens (including phenoxy) is 1. The first-order valence-corrected chi connectivity index (χ1v) is 9.28. The molecule has 2 N–H and O–H groups in total. The molecule has 4 rings (SSSR count).